The number of hydrogen-bond donors (Lipinski definition) is 2. The molecule has 6 heterocycles. The molecule has 0 unspecified atom stereocenters. The van der Waals surface area contributed by atoms with E-state index in [1.807, 2.05) is 39.0 Å². The fraction of sp³-hybridized carbons (Fsp3) is 0.422. The summed E-state index contributed by atoms with van der Waals surface area (Å²) < 4.78 is 99.4. The van der Waals surface area contributed by atoms with Crippen molar-refractivity contribution < 1.29 is 36.6 Å². The van der Waals surface area contributed by atoms with Gasteiger partial charge in [0.15, 0.2) is 0 Å². The van der Waals surface area contributed by atoms with Crippen molar-refractivity contribution >= 4 is 79.2 Å². The van der Waals surface area contributed by atoms with Crippen LogP contribution in [0.2, 0.25) is 0 Å². The fourth-order valence-corrected chi connectivity index (χ4v) is 13.6. The van der Waals surface area contributed by atoms with Crippen LogP contribution >= 0.6 is 68.0 Å². The van der Waals surface area contributed by atoms with E-state index in [2.05, 4.69) is 20.8 Å². The van der Waals surface area contributed by atoms with Crippen molar-refractivity contribution in [2.45, 2.75) is 122 Å². The minimum atomic E-state index is -5.75. The molecule has 316 valence electrons. The number of aliphatic hydroxyl groups is 2. The summed E-state index contributed by atoms with van der Waals surface area (Å²) in [7, 11) is 0. The second-order valence-electron chi connectivity index (χ2n) is 18.1. The number of rotatable bonds is 10. The SMILES string of the molecule is CC(C)(C)c1ccc(CCc2sc(-c3ccc(C(C)(C)O)s3)cc2C2=C(c3cc(-c4ccc(C(C)(C)O)s4)sc3-c3ccc(C(C)(C)C)s3)C(F)(F)C(F)(F)C2(F)F)s1. The minimum absolute atomic E-state index is 0.128. The first-order chi connectivity index (χ1) is 27.0. The molecule has 6 aromatic rings. The zero-order chi connectivity index (χ0) is 43.5. The molecule has 0 aliphatic heterocycles. The van der Waals surface area contributed by atoms with Crippen molar-refractivity contribution in [1.29, 1.82) is 0 Å². The average molecular weight is 925 g/mol. The molecule has 0 saturated carbocycles. The Hall–Kier alpha value is -2.56. The van der Waals surface area contributed by atoms with Gasteiger partial charge in [-0.2, -0.15) is 26.3 Å². The highest BCUT2D eigenvalue weighted by molar-refractivity contribution is 7.27. The van der Waals surface area contributed by atoms with Crippen LogP contribution in [0.4, 0.5) is 26.3 Å². The number of aryl methyl sites for hydroxylation is 2. The van der Waals surface area contributed by atoms with E-state index in [1.54, 1.807) is 69.4 Å². The van der Waals surface area contributed by atoms with Crippen molar-refractivity contribution in [1.82, 2.24) is 0 Å². The maximum Gasteiger partial charge on any atom is 0.380 e. The Labute approximate surface area is 365 Å². The fourth-order valence-electron chi connectivity index (χ4n) is 6.87. The van der Waals surface area contributed by atoms with Crippen molar-refractivity contribution in [2.75, 3.05) is 0 Å². The van der Waals surface area contributed by atoms with E-state index in [-0.39, 0.29) is 33.3 Å². The monoisotopic (exact) mass is 924 g/mol. The second kappa shape index (κ2) is 14.8. The van der Waals surface area contributed by atoms with Crippen LogP contribution in [0.1, 0.15) is 110 Å². The van der Waals surface area contributed by atoms with Gasteiger partial charge in [-0.05, 0) is 118 Å². The zero-order valence-electron chi connectivity index (χ0n) is 34.3. The normalized spacial score (nSPS) is 17.1. The Balaban J connectivity index is 1.50. The van der Waals surface area contributed by atoms with Crippen LogP contribution in [0.15, 0.2) is 60.7 Å². The number of allylic oxidation sites excluding steroid dienone is 2. The van der Waals surface area contributed by atoms with Crippen LogP contribution in [0, 0.1) is 0 Å². The third kappa shape index (κ3) is 8.03. The van der Waals surface area contributed by atoms with E-state index < -0.39 is 40.1 Å². The van der Waals surface area contributed by atoms with Crippen LogP contribution in [0.25, 0.3) is 40.4 Å². The van der Waals surface area contributed by atoms with Crippen LogP contribution < -0.4 is 0 Å². The molecule has 1 aliphatic rings. The molecular weight excluding hydrogens is 879 g/mol. The van der Waals surface area contributed by atoms with Gasteiger partial charge in [-0.3, -0.25) is 0 Å². The highest BCUT2D eigenvalue weighted by Crippen LogP contribution is 2.67. The van der Waals surface area contributed by atoms with E-state index in [1.165, 1.54) is 46.1 Å². The Morgan fingerprint density at radius 3 is 1.36 bits per heavy atom. The molecule has 6 aromatic heterocycles. The van der Waals surface area contributed by atoms with Crippen molar-refractivity contribution in [2.24, 2.45) is 0 Å². The van der Waals surface area contributed by atoms with Gasteiger partial charge in [-0.25, -0.2) is 0 Å². The van der Waals surface area contributed by atoms with Gasteiger partial charge in [-0.15, -0.1) is 68.0 Å². The van der Waals surface area contributed by atoms with Gasteiger partial charge < -0.3 is 10.2 Å². The quantitative estimate of drug-likeness (QED) is 0.134. The molecule has 2 nitrogen and oxygen atoms in total. The highest BCUT2D eigenvalue weighted by atomic mass is 32.1. The van der Waals surface area contributed by atoms with E-state index in [0.717, 1.165) is 37.3 Å². The summed E-state index contributed by atoms with van der Waals surface area (Å²) in [5.74, 6) is -16.3. The second-order valence-corrected chi connectivity index (χ2v) is 24.8. The molecule has 59 heavy (non-hydrogen) atoms. The summed E-state index contributed by atoms with van der Waals surface area (Å²) in [6.07, 6.45) is 0.531. The summed E-state index contributed by atoms with van der Waals surface area (Å²) in [4.78, 5) is 7.22. The predicted octanol–water partition coefficient (Wildman–Crippen LogP) is 15.7. The number of halogens is 6. The lowest BCUT2D eigenvalue weighted by Crippen LogP contribution is -2.48. The Kier molecular flexibility index (Phi) is 11.1. The molecular formula is C45H46F6O2S6. The molecule has 1 aliphatic carbocycles. The van der Waals surface area contributed by atoms with Crippen LogP contribution in [-0.2, 0) is 34.9 Å². The van der Waals surface area contributed by atoms with Crippen molar-refractivity contribution in [3.8, 4) is 29.3 Å². The molecule has 2 N–H and O–H groups in total. The maximum absolute atomic E-state index is 16.8. The maximum atomic E-state index is 16.8. The Bertz CT molecular complexity index is 2540. The molecule has 0 bridgehead atoms. The van der Waals surface area contributed by atoms with E-state index in [4.69, 9.17) is 0 Å². The molecule has 0 amide bonds. The molecule has 0 aromatic carbocycles. The number of hydrogen-bond acceptors (Lipinski definition) is 8. The Morgan fingerprint density at radius 2 is 0.881 bits per heavy atom. The van der Waals surface area contributed by atoms with Crippen LogP contribution in [0.3, 0.4) is 0 Å². The smallest absolute Gasteiger partial charge is 0.380 e. The lowest BCUT2D eigenvalue weighted by atomic mass is 9.93. The largest absolute Gasteiger partial charge is 0.385 e. The summed E-state index contributed by atoms with van der Waals surface area (Å²) in [6, 6.07) is 17.2. The topological polar surface area (TPSA) is 40.5 Å². The van der Waals surface area contributed by atoms with Crippen LogP contribution in [-0.4, -0.2) is 28.0 Å². The minimum Gasteiger partial charge on any atom is -0.385 e. The molecule has 0 atom stereocenters. The van der Waals surface area contributed by atoms with Gasteiger partial charge in [-0.1, -0.05) is 41.5 Å². The molecule has 7 rings (SSSR count). The van der Waals surface area contributed by atoms with Crippen LogP contribution in [0.5, 0.6) is 0 Å². The molecule has 14 heteroatoms. The van der Waals surface area contributed by atoms with Crippen molar-refractivity contribution in [3.05, 3.63) is 101 Å². The number of thiophene rings is 6. The summed E-state index contributed by atoms with van der Waals surface area (Å²) in [6.45, 7) is 18.7. The first kappa shape index (κ1) is 44.5. The first-order valence-corrected chi connectivity index (χ1v) is 23.9. The molecule has 0 fully saturated rings. The lowest BCUT2D eigenvalue weighted by Gasteiger charge is -2.26. The van der Waals surface area contributed by atoms with Gasteiger partial charge in [0.25, 0.3) is 0 Å². The zero-order valence-corrected chi connectivity index (χ0v) is 39.2. The van der Waals surface area contributed by atoms with Gasteiger partial charge >= 0.3 is 17.8 Å². The molecule has 0 saturated heterocycles. The third-order valence-electron chi connectivity index (χ3n) is 10.2. The van der Waals surface area contributed by atoms with Crippen molar-refractivity contribution in [3.63, 3.8) is 0 Å². The number of alkyl halides is 6. The van der Waals surface area contributed by atoms with E-state index >= 15 is 26.3 Å². The average Bonchev–Trinajstić information content (AvgIpc) is 3.93. The van der Waals surface area contributed by atoms with Gasteiger partial charge in [0, 0.05) is 70.4 Å². The first-order valence-electron chi connectivity index (χ1n) is 19.0. The lowest BCUT2D eigenvalue weighted by molar-refractivity contribution is -0.254. The van der Waals surface area contributed by atoms with Gasteiger partial charge in [0.2, 0.25) is 0 Å². The summed E-state index contributed by atoms with van der Waals surface area (Å²) >= 11 is 7.56. The Morgan fingerprint density at radius 1 is 0.458 bits per heavy atom. The summed E-state index contributed by atoms with van der Waals surface area (Å²) in [5, 5.41) is 21.4. The third-order valence-corrected chi connectivity index (χ3v) is 19.0. The molecule has 0 spiro atoms. The predicted molar refractivity (Wildman–Crippen MR) is 240 cm³/mol. The van der Waals surface area contributed by atoms with E-state index in [0.29, 0.717) is 45.4 Å². The standard InChI is InChI=1S/C45H46F6O2S6/c1-39(2,3)32-17-12-23(54-32)11-13-26-24(21-30(55-26)27-14-19-34(56-27)41(7,8)52)36-37(44(48,49)45(50,51)43(36,46)47)25-22-31(28-15-20-35(57-28)42(9,10)53)59-38(25)29-16-18-33(58-29)40(4,5)6/h12,14-22,52-53H,11,13H2,1-10H3. The summed E-state index contributed by atoms with van der Waals surface area (Å²) in [5.41, 5.74) is -6.31. The highest BCUT2D eigenvalue weighted by Gasteiger charge is 2.80. The molecule has 0 radical (unpaired) electrons. The van der Waals surface area contributed by atoms with Gasteiger partial charge in [0.05, 0.1) is 16.1 Å². The van der Waals surface area contributed by atoms with Gasteiger partial charge in [0.1, 0.15) is 0 Å². The van der Waals surface area contributed by atoms with E-state index in [9.17, 15) is 10.2 Å².